The molecule has 0 bridgehead atoms. The second kappa shape index (κ2) is 4.12. The Kier molecular flexibility index (Phi) is 3.34. The zero-order chi connectivity index (χ0) is 9.90. The summed E-state index contributed by atoms with van der Waals surface area (Å²) in [5, 5.41) is 3.00. The lowest BCUT2D eigenvalue weighted by atomic mass is 9.72. The summed E-state index contributed by atoms with van der Waals surface area (Å²) in [6, 6.07) is 0.442. The van der Waals surface area contributed by atoms with Crippen LogP contribution in [0.3, 0.4) is 0 Å². The number of carbonyl (C=O) groups is 1. The van der Waals surface area contributed by atoms with Crippen molar-refractivity contribution in [2.45, 2.75) is 58.9 Å². The van der Waals surface area contributed by atoms with Crippen LogP contribution in [0.4, 0.5) is 0 Å². The Bertz CT molecular complexity index is 181. The monoisotopic (exact) mass is 183 g/mol. The molecule has 0 heterocycles. The number of amides is 1. The third-order valence-corrected chi connectivity index (χ3v) is 3.45. The highest BCUT2D eigenvalue weighted by Gasteiger charge is 2.29. The van der Waals surface area contributed by atoms with Gasteiger partial charge in [0.2, 0.25) is 5.91 Å². The molecule has 0 aromatic carbocycles. The van der Waals surface area contributed by atoms with Crippen LogP contribution >= 0.6 is 0 Å². The van der Waals surface area contributed by atoms with Crippen LogP contribution in [-0.2, 0) is 4.79 Å². The molecule has 0 radical (unpaired) electrons. The Morgan fingerprint density at radius 2 is 2.00 bits per heavy atom. The molecule has 0 aromatic heterocycles. The van der Waals surface area contributed by atoms with Crippen LogP contribution in [0.5, 0.6) is 0 Å². The summed E-state index contributed by atoms with van der Waals surface area (Å²) < 4.78 is 0. The summed E-state index contributed by atoms with van der Waals surface area (Å²) in [4.78, 5) is 10.8. The molecule has 1 aliphatic rings. The van der Waals surface area contributed by atoms with Gasteiger partial charge in [-0.2, -0.15) is 0 Å². The Balaban J connectivity index is 2.34. The first kappa shape index (κ1) is 10.6. The highest BCUT2D eigenvalue weighted by atomic mass is 16.1. The maximum atomic E-state index is 10.8. The Morgan fingerprint density at radius 3 is 2.38 bits per heavy atom. The highest BCUT2D eigenvalue weighted by molar-refractivity contribution is 5.73. The largest absolute Gasteiger partial charge is 0.354 e. The normalized spacial score (nSPS) is 34.2. The Hall–Kier alpha value is -0.530. The van der Waals surface area contributed by atoms with E-state index >= 15 is 0 Å². The standard InChI is InChI=1S/C11H21NO/c1-4-11(3)7-5-10(6-8-11)12-9(2)13/h10H,4-8H2,1-3H3,(H,12,13)/t10-,11+. The zero-order valence-corrected chi connectivity index (χ0v) is 9.02. The van der Waals surface area contributed by atoms with Crippen molar-refractivity contribution < 1.29 is 4.79 Å². The van der Waals surface area contributed by atoms with Crippen LogP contribution in [0.1, 0.15) is 52.9 Å². The van der Waals surface area contributed by atoms with Gasteiger partial charge in [-0.25, -0.2) is 0 Å². The molecule has 1 rings (SSSR count). The van der Waals surface area contributed by atoms with Crippen LogP contribution in [0.25, 0.3) is 0 Å². The second-order valence-electron chi connectivity index (χ2n) is 4.64. The molecule has 1 N–H and O–H groups in total. The molecule has 0 aromatic rings. The molecule has 0 aliphatic heterocycles. The third kappa shape index (κ3) is 3.02. The van der Waals surface area contributed by atoms with Crippen LogP contribution in [-0.4, -0.2) is 11.9 Å². The molecule has 1 saturated carbocycles. The highest BCUT2D eigenvalue weighted by Crippen LogP contribution is 2.38. The quantitative estimate of drug-likeness (QED) is 0.700. The van der Waals surface area contributed by atoms with Gasteiger partial charge in [0.05, 0.1) is 0 Å². The Morgan fingerprint density at radius 1 is 1.46 bits per heavy atom. The van der Waals surface area contributed by atoms with E-state index in [1.807, 2.05) is 0 Å². The number of carbonyl (C=O) groups excluding carboxylic acids is 1. The van der Waals surface area contributed by atoms with Gasteiger partial charge in [0.25, 0.3) is 0 Å². The van der Waals surface area contributed by atoms with E-state index in [-0.39, 0.29) is 5.91 Å². The lowest BCUT2D eigenvalue weighted by Gasteiger charge is -2.36. The lowest BCUT2D eigenvalue weighted by Crippen LogP contribution is -2.38. The molecule has 1 aliphatic carbocycles. The molecule has 0 unspecified atom stereocenters. The minimum atomic E-state index is 0.116. The van der Waals surface area contributed by atoms with E-state index in [0.29, 0.717) is 11.5 Å². The summed E-state index contributed by atoms with van der Waals surface area (Å²) in [7, 11) is 0. The summed E-state index contributed by atoms with van der Waals surface area (Å²) in [5.74, 6) is 0.116. The van der Waals surface area contributed by atoms with Gasteiger partial charge in [-0.15, -0.1) is 0 Å². The van der Waals surface area contributed by atoms with Crippen LogP contribution in [0.15, 0.2) is 0 Å². The maximum absolute atomic E-state index is 10.8. The molecule has 1 fully saturated rings. The summed E-state index contributed by atoms with van der Waals surface area (Å²) in [6.45, 7) is 6.23. The van der Waals surface area contributed by atoms with Gasteiger partial charge in [0.1, 0.15) is 0 Å². The maximum Gasteiger partial charge on any atom is 0.217 e. The van der Waals surface area contributed by atoms with Crippen molar-refractivity contribution >= 4 is 5.91 Å². The fourth-order valence-electron chi connectivity index (χ4n) is 2.10. The van der Waals surface area contributed by atoms with Crippen LogP contribution in [0, 0.1) is 5.41 Å². The SMILES string of the molecule is CC[C@]1(C)CC[C@H](NC(C)=O)CC1. The zero-order valence-electron chi connectivity index (χ0n) is 9.02. The number of nitrogens with one attached hydrogen (secondary N) is 1. The average molecular weight is 183 g/mol. The number of hydrogen-bond donors (Lipinski definition) is 1. The molecular formula is C11H21NO. The molecule has 0 saturated heterocycles. The first-order chi connectivity index (χ1) is 6.06. The second-order valence-corrected chi connectivity index (χ2v) is 4.64. The van der Waals surface area contributed by atoms with Crippen molar-refractivity contribution in [3.8, 4) is 0 Å². The summed E-state index contributed by atoms with van der Waals surface area (Å²) in [5.41, 5.74) is 0.537. The van der Waals surface area contributed by atoms with Crippen molar-refractivity contribution in [2.75, 3.05) is 0 Å². The van der Waals surface area contributed by atoms with E-state index in [2.05, 4.69) is 19.2 Å². The predicted octanol–water partition coefficient (Wildman–Crippen LogP) is 2.48. The summed E-state index contributed by atoms with van der Waals surface area (Å²) in [6.07, 6.45) is 6.09. The van der Waals surface area contributed by atoms with E-state index in [0.717, 1.165) is 12.8 Å². The van der Waals surface area contributed by atoms with Crippen LogP contribution < -0.4 is 5.32 Å². The van der Waals surface area contributed by atoms with E-state index in [4.69, 9.17) is 0 Å². The molecule has 2 heteroatoms. The fourth-order valence-corrected chi connectivity index (χ4v) is 2.10. The molecular weight excluding hydrogens is 162 g/mol. The van der Waals surface area contributed by atoms with Crippen molar-refractivity contribution in [1.82, 2.24) is 5.32 Å². The minimum Gasteiger partial charge on any atom is -0.354 e. The van der Waals surface area contributed by atoms with Gasteiger partial charge in [0, 0.05) is 13.0 Å². The van der Waals surface area contributed by atoms with Gasteiger partial charge in [-0.05, 0) is 31.1 Å². The molecule has 76 valence electrons. The molecule has 13 heavy (non-hydrogen) atoms. The molecule has 0 spiro atoms. The lowest BCUT2D eigenvalue weighted by molar-refractivity contribution is -0.120. The van der Waals surface area contributed by atoms with Gasteiger partial charge in [-0.1, -0.05) is 20.3 Å². The van der Waals surface area contributed by atoms with Gasteiger partial charge < -0.3 is 5.32 Å². The Labute approximate surface area is 81.1 Å². The predicted molar refractivity (Wildman–Crippen MR) is 54.5 cm³/mol. The van der Waals surface area contributed by atoms with Gasteiger partial charge in [0.15, 0.2) is 0 Å². The number of rotatable bonds is 2. The van der Waals surface area contributed by atoms with Crippen molar-refractivity contribution in [1.29, 1.82) is 0 Å². The van der Waals surface area contributed by atoms with Crippen molar-refractivity contribution in [3.63, 3.8) is 0 Å². The van der Waals surface area contributed by atoms with Crippen molar-refractivity contribution in [2.24, 2.45) is 5.41 Å². The van der Waals surface area contributed by atoms with Crippen LogP contribution in [0.2, 0.25) is 0 Å². The van der Waals surface area contributed by atoms with E-state index in [9.17, 15) is 4.79 Å². The van der Waals surface area contributed by atoms with E-state index in [1.165, 1.54) is 19.3 Å². The van der Waals surface area contributed by atoms with E-state index < -0.39 is 0 Å². The number of hydrogen-bond acceptors (Lipinski definition) is 1. The van der Waals surface area contributed by atoms with E-state index in [1.54, 1.807) is 6.92 Å². The average Bonchev–Trinajstić information content (AvgIpc) is 2.09. The first-order valence-corrected chi connectivity index (χ1v) is 5.33. The first-order valence-electron chi connectivity index (χ1n) is 5.33. The third-order valence-electron chi connectivity index (χ3n) is 3.45. The smallest absolute Gasteiger partial charge is 0.217 e. The molecule has 2 nitrogen and oxygen atoms in total. The summed E-state index contributed by atoms with van der Waals surface area (Å²) >= 11 is 0. The van der Waals surface area contributed by atoms with Gasteiger partial charge >= 0.3 is 0 Å². The molecule has 1 amide bonds. The topological polar surface area (TPSA) is 29.1 Å². The fraction of sp³-hybridized carbons (Fsp3) is 0.909. The van der Waals surface area contributed by atoms with Gasteiger partial charge in [-0.3, -0.25) is 4.79 Å². The van der Waals surface area contributed by atoms with Crippen molar-refractivity contribution in [3.05, 3.63) is 0 Å². The molecule has 0 atom stereocenters. The minimum absolute atomic E-state index is 0.116.